The van der Waals surface area contributed by atoms with Crippen LogP contribution in [0.5, 0.6) is 0 Å². The van der Waals surface area contributed by atoms with E-state index in [1.54, 1.807) is 0 Å². The second-order valence-corrected chi connectivity index (χ2v) is 5.74. The number of hydrogen-bond acceptors (Lipinski definition) is 3. The van der Waals surface area contributed by atoms with Gasteiger partial charge >= 0.3 is 0 Å². The molecule has 2 aliphatic rings. The molecule has 64 valence electrons. The van der Waals surface area contributed by atoms with Crippen LogP contribution in [0.15, 0.2) is 0 Å². The van der Waals surface area contributed by atoms with Crippen molar-refractivity contribution >= 4 is 9.84 Å². The maximum absolute atomic E-state index is 11.4. The summed E-state index contributed by atoms with van der Waals surface area (Å²) in [5.74, 6) is 0.413. The molecule has 2 atom stereocenters. The van der Waals surface area contributed by atoms with Gasteiger partial charge in [0.1, 0.15) is 0 Å². The third-order valence-electron chi connectivity index (χ3n) is 2.69. The predicted molar refractivity (Wildman–Crippen MR) is 43.2 cm³/mol. The minimum Gasteiger partial charge on any atom is -0.313 e. The molecule has 2 unspecified atom stereocenters. The minimum atomic E-state index is -2.72. The van der Waals surface area contributed by atoms with Gasteiger partial charge in [-0.3, -0.25) is 0 Å². The summed E-state index contributed by atoms with van der Waals surface area (Å²) in [5, 5.41) is 3.18. The van der Waals surface area contributed by atoms with Gasteiger partial charge < -0.3 is 5.32 Å². The van der Waals surface area contributed by atoms with Gasteiger partial charge in [0.15, 0.2) is 9.84 Å². The summed E-state index contributed by atoms with van der Waals surface area (Å²) >= 11 is 0. The van der Waals surface area contributed by atoms with Crippen molar-refractivity contribution in [3.05, 3.63) is 0 Å². The fourth-order valence-electron chi connectivity index (χ4n) is 2.12. The van der Waals surface area contributed by atoms with Crippen LogP contribution in [0.2, 0.25) is 0 Å². The Kier molecular flexibility index (Phi) is 1.68. The van der Waals surface area contributed by atoms with Crippen LogP contribution in [-0.2, 0) is 9.84 Å². The first-order valence-electron chi connectivity index (χ1n) is 4.15. The summed E-state index contributed by atoms with van der Waals surface area (Å²) in [4.78, 5) is 0. The van der Waals surface area contributed by atoms with Gasteiger partial charge in [-0.05, 0) is 25.8 Å². The zero-order valence-corrected chi connectivity index (χ0v) is 7.23. The molecular weight excluding hydrogens is 162 g/mol. The Bertz CT molecular complexity index is 247. The van der Waals surface area contributed by atoms with E-state index in [9.17, 15) is 8.42 Å². The van der Waals surface area contributed by atoms with Crippen LogP contribution in [0.3, 0.4) is 0 Å². The maximum Gasteiger partial charge on any atom is 0.154 e. The van der Waals surface area contributed by atoms with Crippen LogP contribution in [0.4, 0.5) is 0 Å². The first kappa shape index (κ1) is 7.55. The highest BCUT2D eigenvalue weighted by molar-refractivity contribution is 7.92. The molecule has 2 fully saturated rings. The van der Waals surface area contributed by atoms with E-state index in [-0.39, 0.29) is 11.3 Å². The van der Waals surface area contributed by atoms with Gasteiger partial charge in [0.05, 0.1) is 11.0 Å². The predicted octanol–water partition coefficient (Wildman–Crippen LogP) is -0.0745. The van der Waals surface area contributed by atoms with E-state index in [1.165, 1.54) is 0 Å². The lowest BCUT2D eigenvalue weighted by Crippen LogP contribution is -2.41. The molecule has 3 nitrogen and oxygen atoms in total. The second-order valence-electron chi connectivity index (χ2n) is 3.40. The van der Waals surface area contributed by atoms with E-state index < -0.39 is 9.84 Å². The topological polar surface area (TPSA) is 46.2 Å². The molecule has 2 saturated heterocycles. The molecule has 0 aromatic rings. The largest absolute Gasteiger partial charge is 0.313 e. The first-order chi connectivity index (χ1) is 5.20. The van der Waals surface area contributed by atoms with E-state index in [4.69, 9.17) is 0 Å². The van der Waals surface area contributed by atoms with Crippen molar-refractivity contribution in [3.8, 4) is 0 Å². The lowest BCUT2D eigenvalue weighted by molar-refractivity contribution is 0.497. The standard InChI is InChI=1S/C7H13NO2S/c9-11(10)5-1-2-6-7(11)3-4-8-6/h6-8H,1-5H2. The van der Waals surface area contributed by atoms with Gasteiger partial charge in [0, 0.05) is 6.04 Å². The lowest BCUT2D eigenvalue weighted by Gasteiger charge is -2.24. The molecule has 0 bridgehead atoms. The summed E-state index contributed by atoms with van der Waals surface area (Å²) in [5.41, 5.74) is 0. The maximum atomic E-state index is 11.4. The van der Waals surface area contributed by atoms with Crippen molar-refractivity contribution in [2.75, 3.05) is 12.3 Å². The summed E-state index contributed by atoms with van der Waals surface area (Å²) < 4.78 is 22.8. The molecule has 0 saturated carbocycles. The monoisotopic (exact) mass is 175 g/mol. The van der Waals surface area contributed by atoms with Crippen molar-refractivity contribution in [1.29, 1.82) is 0 Å². The quantitative estimate of drug-likeness (QED) is 0.560. The molecule has 0 spiro atoms. The Morgan fingerprint density at radius 2 is 2.09 bits per heavy atom. The van der Waals surface area contributed by atoms with Gasteiger partial charge in [-0.25, -0.2) is 8.42 Å². The van der Waals surface area contributed by atoms with Crippen LogP contribution in [0, 0.1) is 0 Å². The number of sulfone groups is 1. The van der Waals surface area contributed by atoms with Crippen LogP contribution < -0.4 is 5.32 Å². The Labute approximate surface area is 67.1 Å². The van der Waals surface area contributed by atoms with Crippen molar-refractivity contribution in [1.82, 2.24) is 5.32 Å². The van der Waals surface area contributed by atoms with Gasteiger partial charge in [0.25, 0.3) is 0 Å². The highest BCUT2D eigenvalue weighted by Gasteiger charge is 2.39. The Hall–Kier alpha value is -0.0900. The highest BCUT2D eigenvalue weighted by Crippen LogP contribution is 2.26. The van der Waals surface area contributed by atoms with E-state index in [2.05, 4.69) is 5.32 Å². The van der Waals surface area contributed by atoms with Crippen molar-refractivity contribution in [2.45, 2.75) is 30.6 Å². The van der Waals surface area contributed by atoms with Gasteiger partial charge in [0.2, 0.25) is 0 Å². The Morgan fingerprint density at radius 3 is 2.82 bits per heavy atom. The number of hydrogen-bond donors (Lipinski definition) is 1. The molecule has 2 heterocycles. The molecule has 11 heavy (non-hydrogen) atoms. The average molecular weight is 175 g/mol. The molecule has 0 aliphatic carbocycles. The molecule has 0 aromatic carbocycles. The number of fused-ring (bicyclic) bond motifs is 1. The van der Waals surface area contributed by atoms with Crippen molar-refractivity contribution in [3.63, 3.8) is 0 Å². The van der Waals surface area contributed by atoms with Crippen LogP contribution in [0.1, 0.15) is 19.3 Å². The van der Waals surface area contributed by atoms with E-state index >= 15 is 0 Å². The highest BCUT2D eigenvalue weighted by atomic mass is 32.2. The fraction of sp³-hybridized carbons (Fsp3) is 1.00. The summed E-state index contributed by atoms with van der Waals surface area (Å²) in [6.45, 7) is 0.883. The Morgan fingerprint density at radius 1 is 1.27 bits per heavy atom. The molecule has 2 rings (SSSR count). The van der Waals surface area contributed by atoms with E-state index in [1.807, 2.05) is 0 Å². The fourth-order valence-corrected chi connectivity index (χ4v) is 4.20. The number of rotatable bonds is 0. The van der Waals surface area contributed by atoms with E-state index in [0.717, 1.165) is 25.8 Å². The van der Waals surface area contributed by atoms with Crippen molar-refractivity contribution < 1.29 is 8.42 Å². The summed E-state index contributed by atoms with van der Waals surface area (Å²) in [6.07, 6.45) is 2.72. The van der Waals surface area contributed by atoms with Crippen LogP contribution in [0.25, 0.3) is 0 Å². The molecule has 1 N–H and O–H groups in total. The van der Waals surface area contributed by atoms with Crippen molar-refractivity contribution in [2.24, 2.45) is 0 Å². The van der Waals surface area contributed by atoms with Crippen LogP contribution >= 0.6 is 0 Å². The lowest BCUT2D eigenvalue weighted by atomic mass is 10.1. The molecule has 0 radical (unpaired) electrons. The van der Waals surface area contributed by atoms with E-state index in [0.29, 0.717) is 5.75 Å². The molecule has 2 aliphatic heterocycles. The molecule has 4 heteroatoms. The molecular formula is C7H13NO2S. The minimum absolute atomic E-state index is 0.0590. The van der Waals surface area contributed by atoms with Crippen LogP contribution in [-0.4, -0.2) is 32.0 Å². The first-order valence-corrected chi connectivity index (χ1v) is 5.87. The third kappa shape index (κ3) is 1.18. The van der Waals surface area contributed by atoms with Gasteiger partial charge in [-0.1, -0.05) is 0 Å². The van der Waals surface area contributed by atoms with Gasteiger partial charge in [-0.15, -0.1) is 0 Å². The summed E-state index contributed by atoms with van der Waals surface area (Å²) in [7, 11) is -2.72. The normalized spacial score (nSPS) is 41.8. The van der Waals surface area contributed by atoms with Gasteiger partial charge in [-0.2, -0.15) is 0 Å². The smallest absolute Gasteiger partial charge is 0.154 e. The SMILES string of the molecule is O=S1(=O)CCCC2NCCC21. The summed E-state index contributed by atoms with van der Waals surface area (Å²) in [6, 6.07) is 0.272. The zero-order valence-electron chi connectivity index (χ0n) is 6.41. The molecule has 0 amide bonds. The zero-order chi connectivity index (χ0) is 7.90. The Balaban J connectivity index is 2.26. The number of nitrogens with one attached hydrogen (secondary N) is 1. The molecule has 0 aromatic heterocycles. The second kappa shape index (κ2) is 2.45. The third-order valence-corrected chi connectivity index (χ3v) is 5.03. The average Bonchev–Trinajstić information content (AvgIpc) is 2.34.